The van der Waals surface area contributed by atoms with Gasteiger partial charge in [0.1, 0.15) is 0 Å². The molecule has 1 atom stereocenters. The van der Waals surface area contributed by atoms with E-state index in [9.17, 15) is 5.11 Å². The highest BCUT2D eigenvalue weighted by Crippen LogP contribution is 2.29. The van der Waals surface area contributed by atoms with Crippen molar-refractivity contribution in [2.24, 2.45) is 5.92 Å². The van der Waals surface area contributed by atoms with Gasteiger partial charge in [0.15, 0.2) is 0 Å². The molecule has 0 saturated heterocycles. The number of anilines is 1. The van der Waals surface area contributed by atoms with Crippen LogP contribution in [-0.2, 0) is 0 Å². The molecule has 0 heterocycles. The first-order valence-electron chi connectivity index (χ1n) is 6.52. The molecule has 1 unspecified atom stereocenters. The van der Waals surface area contributed by atoms with E-state index < -0.39 is 0 Å². The minimum Gasteiger partial charge on any atom is -0.391 e. The van der Waals surface area contributed by atoms with Crippen molar-refractivity contribution in [3.8, 4) is 0 Å². The summed E-state index contributed by atoms with van der Waals surface area (Å²) in [7, 11) is 0. The van der Waals surface area contributed by atoms with Crippen LogP contribution in [-0.4, -0.2) is 17.8 Å². The van der Waals surface area contributed by atoms with Gasteiger partial charge in [-0.05, 0) is 30.5 Å². The second-order valence-electron chi connectivity index (χ2n) is 5.05. The molecular weight excluding hydrogens is 314 g/mol. The summed E-state index contributed by atoms with van der Waals surface area (Å²) in [5.41, 5.74) is 0.872. The lowest BCUT2D eigenvalue weighted by molar-refractivity contribution is 0.155. The van der Waals surface area contributed by atoms with Crippen LogP contribution in [0.3, 0.4) is 0 Å². The van der Waals surface area contributed by atoms with Gasteiger partial charge in [-0.3, -0.25) is 0 Å². The molecule has 0 aromatic heterocycles. The molecule has 1 aliphatic carbocycles. The number of rotatable bonds is 5. The fourth-order valence-corrected chi connectivity index (χ4v) is 3.12. The van der Waals surface area contributed by atoms with Crippen LogP contribution in [0.5, 0.6) is 0 Å². The van der Waals surface area contributed by atoms with Crippen molar-refractivity contribution in [2.45, 2.75) is 38.2 Å². The standard InChI is InChI=1S/C14H19BrClNO/c15-11-5-6-13(16)14(8-11)17-9-12(18)7-10-3-1-2-4-10/h5-6,8,10,12,17-18H,1-4,7,9H2. The van der Waals surface area contributed by atoms with Gasteiger partial charge in [0.25, 0.3) is 0 Å². The quantitative estimate of drug-likeness (QED) is 0.834. The third kappa shape index (κ3) is 4.15. The van der Waals surface area contributed by atoms with Crippen LogP contribution in [0.4, 0.5) is 5.69 Å². The van der Waals surface area contributed by atoms with E-state index in [0.717, 1.165) is 16.6 Å². The summed E-state index contributed by atoms with van der Waals surface area (Å²) in [4.78, 5) is 0. The van der Waals surface area contributed by atoms with E-state index in [4.69, 9.17) is 11.6 Å². The third-order valence-electron chi connectivity index (χ3n) is 3.54. The Morgan fingerprint density at radius 2 is 2.11 bits per heavy atom. The number of benzene rings is 1. The summed E-state index contributed by atoms with van der Waals surface area (Å²) < 4.78 is 0.986. The summed E-state index contributed by atoms with van der Waals surface area (Å²) in [5.74, 6) is 0.708. The highest BCUT2D eigenvalue weighted by atomic mass is 79.9. The third-order valence-corrected chi connectivity index (χ3v) is 4.36. The molecule has 1 fully saturated rings. The Morgan fingerprint density at radius 1 is 1.39 bits per heavy atom. The molecule has 0 amide bonds. The van der Waals surface area contributed by atoms with Gasteiger partial charge in [0.2, 0.25) is 0 Å². The van der Waals surface area contributed by atoms with Crippen LogP contribution < -0.4 is 5.32 Å². The average molecular weight is 333 g/mol. The molecule has 100 valence electrons. The van der Waals surface area contributed by atoms with Crippen molar-refractivity contribution >= 4 is 33.2 Å². The molecular formula is C14H19BrClNO. The maximum Gasteiger partial charge on any atom is 0.0715 e. The molecule has 18 heavy (non-hydrogen) atoms. The maximum absolute atomic E-state index is 10.0. The average Bonchev–Trinajstić information content (AvgIpc) is 2.83. The molecule has 1 aliphatic rings. The lowest BCUT2D eigenvalue weighted by Gasteiger charge is -2.17. The summed E-state index contributed by atoms with van der Waals surface area (Å²) in [5, 5.41) is 13.9. The second-order valence-corrected chi connectivity index (χ2v) is 6.37. The molecule has 0 spiro atoms. The molecule has 1 aromatic rings. The fourth-order valence-electron chi connectivity index (χ4n) is 2.57. The van der Waals surface area contributed by atoms with E-state index in [2.05, 4.69) is 21.2 Å². The summed E-state index contributed by atoms with van der Waals surface area (Å²) in [6.07, 6.45) is 5.80. The van der Waals surface area contributed by atoms with Crippen LogP contribution in [0.25, 0.3) is 0 Å². The molecule has 2 nitrogen and oxygen atoms in total. The first-order valence-corrected chi connectivity index (χ1v) is 7.69. The van der Waals surface area contributed by atoms with Crippen molar-refractivity contribution in [2.75, 3.05) is 11.9 Å². The highest BCUT2D eigenvalue weighted by molar-refractivity contribution is 9.10. The molecule has 0 bridgehead atoms. The van der Waals surface area contributed by atoms with Crippen molar-refractivity contribution < 1.29 is 5.11 Å². The van der Waals surface area contributed by atoms with E-state index in [1.807, 2.05) is 18.2 Å². The molecule has 1 saturated carbocycles. The van der Waals surface area contributed by atoms with Gasteiger partial charge in [-0.25, -0.2) is 0 Å². The van der Waals surface area contributed by atoms with Crippen molar-refractivity contribution in [1.82, 2.24) is 0 Å². The lowest BCUT2D eigenvalue weighted by Crippen LogP contribution is -2.22. The first-order chi connectivity index (χ1) is 8.65. The molecule has 4 heteroatoms. The Labute approximate surface area is 122 Å². The van der Waals surface area contributed by atoms with E-state index in [0.29, 0.717) is 17.5 Å². The van der Waals surface area contributed by atoms with Crippen LogP contribution in [0.1, 0.15) is 32.1 Å². The summed E-state index contributed by atoms with van der Waals surface area (Å²) in [6, 6.07) is 5.68. The normalized spacial score (nSPS) is 17.9. The van der Waals surface area contributed by atoms with E-state index in [1.54, 1.807) is 0 Å². The predicted molar refractivity (Wildman–Crippen MR) is 80.2 cm³/mol. The number of hydrogen-bond acceptors (Lipinski definition) is 2. The Kier molecular flexibility index (Phi) is 5.34. The van der Waals surface area contributed by atoms with Gasteiger partial charge in [0.05, 0.1) is 16.8 Å². The zero-order chi connectivity index (χ0) is 13.0. The largest absolute Gasteiger partial charge is 0.391 e. The van der Waals surface area contributed by atoms with Crippen LogP contribution >= 0.6 is 27.5 Å². The molecule has 2 rings (SSSR count). The van der Waals surface area contributed by atoms with Crippen LogP contribution in [0, 0.1) is 5.92 Å². The summed E-state index contributed by atoms with van der Waals surface area (Å²) >= 11 is 9.50. The summed E-state index contributed by atoms with van der Waals surface area (Å²) in [6.45, 7) is 0.562. The van der Waals surface area contributed by atoms with Crippen molar-refractivity contribution in [1.29, 1.82) is 0 Å². The van der Waals surface area contributed by atoms with Gasteiger partial charge < -0.3 is 10.4 Å². The Morgan fingerprint density at radius 3 is 2.83 bits per heavy atom. The minimum absolute atomic E-state index is 0.289. The van der Waals surface area contributed by atoms with E-state index >= 15 is 0 Å². The minimum atomic E-state index is -0.289. The Hall–Kier alpha value is -0.250. The lowest BCUT2D eigenvalue weighted by atomic mass is 10.00. The topological polar surface area (TPSA) is 32.3 Å². The molecule has 0 radical (unpaired) electrons. The van der Waals surface area contributed by atoms with Crippen molar-refractivity contribution in [3.05, 3.63) is 27.7 Å². The zero-order valence-electron chi connectivity index (χ0n) is 10.3. The van der Waals surface area contributed by atoms with Gasteiger partial charge in [-0.15, -0.1) is 0 Å². The predicted octanol–water partition coefficient (Wildman–Crippen LogP) is 4.46. The van der Waals surface area contributed by atoms with Crippen LogP contribution in [0.15, 0.2) is 22.7 Å². The van der Waals surface area contributed by atoms with Crippen LogP contribution in [0.2, 0.25) is 5.02 Å². The first kappa shape index (κ1) is 14.2. The number of halogens is 2. The fraction of sp³-hybridized carbons (Fsp3) is 0.571. The number of nitrogens with one attached hydrogen (secondary N) is 1. The van der Waals surface area contributed by atoms with E-state index in [1.165, 1.54) is 25.7 Å². The SMILES string of the molecule is OC(CNc1cc(Br)ccc1Cl)CC1CCCC1. The molecule has 2 N–H and O–H groups in total. The number of hydrogen-bond donors (Lipinski definition) is 2. The highest BCUT2D eigenvalue weighted by Gasteiger charge is 2.18. The Bertz CT molecular complexity index is 393. The van der Waals surface area contributed by atoms with Gasteiger partial charge >= 0.3 is 0 Å². The Balaban J connectivity index is 1.81. The van der Waals surface area contributed by atoms with Gasteiger partial charge in [0, 0.05) is 11.0 Å². The zero-order valence-corrected chi connectivity index (χ0v) is 12.7. The molecule has 0 aliphatic heterocycles. The smallest absolute Gasteiger partial charge is 0.0715 e. The number of aliphatic hydroxyl groups excluding tert-OH is 1. The van der Waals surface area contributed by atoms with E-state index in [-0.39, 0.29) is 6.10 Å². The van der Waals surface area contributed by atoms with Crippen molar-refractivity contribution in [3.63, 3.8) is 0 Å². The van der Waals surface area contributed by atoms with Gasteiger partial charge in [-0.1, -0.05) is 53.2 Å². The van der Waals surface area contributed by atoms with Gasteiger partial charge in [-0.2, -0.15) is 0 Å². The molecule has 1 aromatic carbocycles. The monoisotopic (exact) mass is 331 g/mol. The second kappa shape index (κ2) is 6.78. The number of aliphatic hydroxyl groups is 1. The maximum atomic E-state index is 10.0.